The van der Waals surface area contributed by atoms with E-state index in [4.69, 9.17) is 23.4 Å². The average molecular weight is 625 g/mol. The van der Waals surface area contributed by atoms with E-state index in [2.05, 4.69) is 0 Å². The van der Waals surface area contributed by atoms with Crippen LogP contribution >= 0.6 is 0 Å². The molecule has 5 rings (SSSR count). The molecule has 1 aliphatic heterocycles. The van der Waals surface area contributed by atoms with Crippen LogP contribution in [0.5, 0.6) is 34.5 Å². The maximum absolute atomic E-state index is 12.8. The van der Waals surface area contributed by atoms with Crippen LogP contribution in [0.4, 0.5) is 0 Å². The lowest BCUT2D eigenvalue weighted by Gasteiger charge is -2.39. The van der Waals surface area contributed by atoms with E-state index in [1.54, 1.807) is 0 Å². The summed E-state index contributed by atoms with van der Waals surface area (Å²) in [4.78, 5) is 25.1. The number of methoxy groups -OCH3 is 1. The van der Waals surface area contributed by atoms with Crippen LogP contribution < -0.4 is 14.9 Å². The molecular weight excluding hydrogens is 596 g/mol. The third-order valence-electron chi connectivity index (χ3n) is 6.97. The van der Waals surface area contributed by atoms with Gasteiger partial charge in [-0.2, -0.15) is 0 Å². The van der Waals surface area contributed by atoms with Gasteiger partial charge in [-0.1, -0.05) is 6.07 Å². The lowest BCUT2D eigenvalue weighted by Crippen LogP contribution is -2.60. The summed E-state index contributed by atoms with van der Waals surface area (Å²) in [5.74, 6) is -2.25. The first kappa shape index (κ1) is 31.2. The predicted octanol–water partition coefficient (Wildman–Crippen LogP) is 1.73. The average Bonchev–Trinajstić information content (AvgIpc) is 3.01. The summed E-state index contributed by atoms with van der Waals surface area (Å²) in [5, 5.41) is 70.8. The van der Waals surface area contributed by atoms with E-state index in [-0.39, 0.29) is 45.3 Å². The molecule has 236 valence electrons. The first-order valence-corrected chi connectivity index (χ1v) is 13.4. The van der Waals surface area contributed by atoms with Crippen molar-refractivity contribution in [1.29, 1.82) is 0 Å². The van der Waals surface area contributed by atoms with E-state index >= 15 is 0 Å². The fourth-order valence-electron chi connectivity index (χ4n) is 4.59. The van der Waals surface area contributed by atoms with E-state index in [1.165, 1.54) is 55.7 Å². The quantitative estimate of drug-likeness (QED) is 0.0842. The van der Waals surface area contributed by atoms with Crippen LogP contribution in [0.2, 0.25) is 0 Å². The Balaban J connectivity index is 1.31. The number of hydrogen-bond acceptors (Lipinski definition) is 14. The number of aromatic hydroxyl groups is 4. The molecule has 1 aliphatic rings. The van der Waals surface area contributed by atoms with Gasteiger partial charge >= 0.3 is 5.97 Å². The van der Waals surface area contributed by atoms with Crippen molar-refractivity contribution in [2.75, 3.05) is 13.7 Å². The molecule has 5 atom stereocenters. The molecule has 4 aromatic rings. The number of benzene rings is 3. The van der Waals surface area contributed by atoms with Gasteiger partial charge in [-0.3, -0.25) is 4.79 Å². The molecule has 2 heterocycles. The van der Waals surface area contributed by atoms with E-state index in [0.717, 1.165) is 18.2 Å². The van der Waals surface area contributed by atoms with E-state index in [1.807, 2.05) is 0 Å². The van der Waals surface area contributed by atoms with Crippen molar-refractivity contribution in [3.05, 3.63) is 76.5 Å². The summed E-state index contributed by atoms with van der Waals surface area (Å²) in [6, 6.07) is 11.5. The maximum Gasteiger partial charge on any atom is 0.330 e. The molecule has 0 bridgehead atoms. The molecule has 3 aromatic carbocycles. The lowest BCUT2D eigenvalue weighted by molar-refractivity contribution is -0.278. The number of aliphatic hydroxyl groups is 3. The number of phenols is 4. The van der Waals surface area contributed by atoms with Crippen LogP contribution in [-0.2, 0) is 14.3 Å². The van der Waals surface area contributed by atoms with E-state index in [0.29, 0.717) is 5.56 Å². The normalized spacial score (nSPS) is 21.6. The van der Waals surface area contributed by atoms with Crippen LogP contribution in [0.3, 0.4) is 0 Å². The lowest BCUT2D eigenvalue weighted by atomic mass is 9.99. The number of hydrogen-bond donors (Lipinski definition) is 7. The topological polar surface area (TPSA) is 226 Å². The van der Waals surface area contributed by atoms with Crippen LogP contribution in [0.15, 0.2) is 69.9 Å². The Bertz CT molecular complexity index is 1810. The van der Waals surface area contributed by atoms with Crippen LogP contribution in [0.1, 0.15) is 5.56 Å². The summed E-state index contributed by atoms with van der Waals surface area (Å²) in [5.41, 5.74) is -0.0102. The molecule has 1 fully saturated rings. The van der Waals surface area contributed by atoms with Gasteiger partial charge in [-0.15, -0.1) is 0 Å². The zero-order valence-corrected chi connectivity index (χ0v) is 23.4. The highest BCUT2D eigenvalue weighted by Gasteiger charge is 2.45. The molecular formula is C31H28O14. The fraction of sp³-hybridized carbons (Fsp3) is 0.226. The van der Waals surface area contributed by atoms with Gasteiger partial charge in [0.1, 0.15) is 59.3 Å². The highest BCUT2D eigenvalue weighted by atomic mass is 16.7. The highest BCUT2D eigenvalue weighted by molar-refractivity contribution is 5.87. The standard InChI is InChI=1S/C31H28O14/c1-41-23-8-14(2-5-18(23)33)3-7-26(37)42-13-25-28(38)29(39)30(40)31(45-25)43-16-10-20(35)27-21(36)12-22(44-24(27)11-16)15-4-6-17(32)19(34)9-15/h2-12,25,28-35,38-40H,13H2,1H3/t25-,28-,29+,30-,31-/m1/s1. The van der Waals surface area contributed by atoms with Crippen molar-refractivity contribution in [3.8, 4) is 45.8 Å². The van der Waals surface area contributed by atoms with Gasteiger partial charge in [0.2, 0.25) is 6.29 Å². The number of carbonyl (C=O) groups is 1. The zero-order valence-electron chi connectivity index (χ0n) is 23.4. The van der Waals surface area contributed by atoms with Crippen molar-refractivity contribution >= 4 is 23.0 Å². The number of esters is 1. The number of aliphatic hydroxyl groups excluding tert-OH is 3. The van der Waals surface area contributed by atoms with Crippen molar-refractivity contribution in [2.45, 2.75) is 30.7 Å². The van der Waals surface area contributed by atoms with Crippen molar-refractivity contribution in [2.24, 2.45) is 0 Å². The number of phenolic OH excluding ortho intramolecular Hbond substituents is 4. The summed E-state index contributed by atoms with van der Waals surface area (Å²) in [6.07, 6.45) is -5.74. The fourth-order valence-corrected chi connectivity index (χ4v) is 4.59. The van der Waals surface area contributed by atoms with Crippen molar-refractivity contribution < 1.29 is 63.9 Å². The molecule has 0 aliphatic carbocycles. The minimum Gasteiger partial charge on any atom is -0.507 e. The van der Waals surface area contributed by atoms with E-state index < -0.39 is 60.2 Å². The predicted molar refractivity (Wildman–Crippen MR) is 155 cm³/mol. The van der Waals surface area contributed by atoms with Crippen LogP contribution in [-0.4, -0.2) is 86.1 Å². The summed E-state index contributed by atoms with van der Waals surface area (Å²) >= 11 is 0. The summed E-state index contributed by atoms with van der Waals surface area (Å²) in [7, 11) is 1.37. The van der Waals surface area contributed by atoms with Gasteiger partial charge in [0, 0.05) is 29.8 Å². The van der Waals surface area contributed by atoms with Gasteiger partial charge in [0.25, 0.3) is 0 Å². The van der Waals surface area contributed by atoms with E-state index in [9.17, 15) is 45.3 Å². The molecule has 0 unspecified atom stereocenters. The van der Waals surface area contributed by atoms with Crippen molar-refractivity contribution in [1.82, 2.24) is 0 Å². The van der Waals surface area contributed by atoms with Crippen LogP contribution in [0.25, 0.3) is 28.4 Å². The Morgan fingerprint density at radius 1 is 0.867 bits per heavy atom. The molecule has 14 heteroatoms. The SMILES string of the molecule is COc1cc(C=CC(=O)OC[C@H]2O[C@@H](Oc3cc(O)c4c(=O)cc(-c5ccc(O)c(O)c5)oc4c3)[C@H](O)[C@@H](O)[C@@H]2O)ccc1O. The van der Waals surface area contributed by atoms with Crippen LogP contribution in [0, 0.1) is 0 Å². The summed E-state index contributed by atoms with van der Waals surface area (Å²) in [6.45, 7) is -0.548. The molecule has 7 N–H and O–H groups in total. The largest absolute Gasteiger partial charge is 0.507 e. The molecule has 0 amide bonds. The second kappa shape index (κ2) is 12.8. The molecule has 1 aromatic heterocycles. The first-order valence-electron chi connectivity index (χ1n) is 13.4. The Labute approximate surface area is 253 Å². The third kappa shape index (κ3) is 6.63. The zero-order chi connectivity index (χ0) is 32.4. The number of rotatable bonds is 8. The smallest absolute Gasteiger partial charge is 0.330 e. The van der Waals surface area contributed by atoms with Crippen molar-refractivity contribution in [3.63, 3.8) is 0 Å². The number of fused-ring (bicyclic) bond motifs is 1. The second-order valence-electron chi connectivity index (χ2n) is 10.0. The number of carbonyl (C=O) groups excluding carboxylic acids is 1. The Kier molecular flexibility index (Phi) is 8.83. The molecule has 0 saturated carbocycles. The van der Waals surface area contributed by atoms with Gasteiger partial charge in [0.05, 0.1) is 7.11 Å². The molecule has 0 radical (unpaired) electrons. The number of ether oxygens (including phenoxy) is 4. The minimum absolute atomic E-state index is 0.00711. The molecule has 1 saturated heterocycles. The minimum atomic E-state index is -1.78. The van der Waals surface area contributed by atoms with Gasteiger partial charge in [-0.25, -0.2) is 4.79 Å². The third-order valence-corrected chi connectivity index (χ3v) is 6.97. The highest BCUT2D eigenvalue weighted by Crippen LogP contribution is 2.35. The molecule has 0 spiro atoms. The Morgan fingerprint density at radius 3 is 2.36 bits per heavy atom. The Morgan fingerprint density at radius 2 is 1.62 bits per heavy atom. The maximum atomic E-state index is 12.8. The summed E-state index contributed by atoms with van der Waals surface area (Å²) < 4.78 is 27.1. The second-order valence-corrected chi connectivity index (χ2v) is 10.0. The van der Waals surface area contributed by atoms with Gasteiger partial charge < -0.3 is 59.1 Å². The first-order chi connectivity index (χ1) is 21.4. The monoisotopic (exact) mass is 624 g/mol. The molecule has 14 nitrogen and oxygen atoms in total. The van der Waals surface area contributed by atoms with Gasteiger partial charge in [0.15, 0.2) is 28.4 Å². The molecule has 45 heavy (non-hydrogen) atoms. The Hall–Kier alpha value is -5.28. The van der Waals surface area contributed by atoms with Gasteiger partial charge in [-0.05, 0) is 42.0 Å².